The lowest BCUT2D eigenvalue weighted by Crippen LogP contribution is -2.55. The zero-order chi connectivity index (χ0) is 26.7. The van der Waals surface area contributed by atoms with Crippen molar-refractivity contribution in [3.63, 3.8) is 0 Å². The summed E-state index contributed by atoms with van der Waals surface area (Å²) in [7, 11) is 3.74. The molecule has 0 spiro atoms. The third-order valence-electron chi connectivity index (χ3n) is 7.27. The largest absolute Gasteiger partial charge is 0.418 e. The number of benzene rings is 1. The van der Waals surface area contributed by atoms with E-state index in [4.69, 9.17) is 0 Å². The number of piperazine rings is 1. The van der Waals surface area contributed by atoms with Gasteiger partial charge in [0.25, 0.3) is 12.3 Å². The molecule has 1 atom stereocenters. The predicted octanol–water partition coefficient (Wildman–Crippen LogP) is 4.42. The fourth-order valence-corrected chi connectivity index (χ4v) is 5.43. The Labute approximate surface area is 213 Å². The van der Waals surface area contributed by atoms with Gasteiger partial charge in [0.15, 0.2) is 5.69 Å². The summed E-state index contributed by atoms with van der Waals surface area (Å²) in [4.78, 5) is 16.8. The van der Waals surface area contributed by atoms with Crippen molar-refractivity contribution in [3.8, 4) is 0 Å². The maximum absolute atomic E-state index is 14.8. The summed E-state index contributed by atoms with van der Waals surface area (Å²) >= 11 is 0. The van der Waals surface area contributed by atoms with Gasteiger partial charge in [-0.2, -0.15) is 18.3 Å². The topological polar surface area (TPSA) is 65.4 Å². The third kappa shape index (κ3) is 6.23. The van der Waals surface area contributed by atoms with Gasteiger partial charge in [-0.1, -0.05) is 18.9 Å². The van der Waals surface area contributed by atoms with Crippen LogP contribution in [0.15, 0.2) is 24.4 Å². The summed E-state index contributed by atoms with van der Waals surface area (Å²) in [6.07, 6.45) is -2.88. The molecular formula is C25H33F5N6O. The minimum absolute atomic E-state index is 0.0245. The third-order valence-corrected chi connectivity index (χ3v) is 7.27. The highest BCUT2D eigenvalue weighted by molar-refractivity contribution is 6.05. The lowest BCUT2D eigenvalue weighted by molar-refractivity contribution is -0.137. The van der Waals surface area contributed by atoms with Gasteiger partial charge in [0.05, 0.1) is 16.9 Å². The molecule has 37 heavy (non-hydrogen) atoms. The van der Waals surface area contributed by atoms with Crippen LogP contribution in [0.2, 0.25) is 0 Å². The Balaban J connectivity index is 1.76. The summed E-state index contributed by atoms with van der Waals surface area (Å²) in [6, 6.07) is 4.27. The second kappa shape index (κ2) is 11.3. The van der Waals surface area contributed by atoms with E-state index in [1.165, 1.54) is 24.4 Å². The molecule has 12 heteroatoms. The average Bonchev–Trinajstić information content (AvgIpc) is 3.52. The average molecular weight is 529 g/mol. The number of aromatic nitrogens is 2. The molecule has 2 heterocycles. The van der Waals surface area contributed by atoms with Crippen LogP contribution in [0.25, 0.3) is 0 Å². The molecule has 2 aliphatic rings. The summed E-state index contributed by atoms with van der Waals surface area (Å²) in [5, 5.41) is 9.57. The Morgan fingerprint density at radius 2 is 1.89 bits per heavy atom. The molecule has 0 radical (unpaired) electrons. The Morgan fingerprint density at radius 1 is 1.16 bits per heavy atom. The van der Waals surface area contributed by atoms with Crippen LogP contribution >= 0.6 is 0 Å². The van der Waals surface area contributed by atoms with Crippen molar-refractivity contribution in [1.82, 2.24) is 20.0 Å². The first kappa shape index (κ1) is 27.3. The zero-order valence-corrected chi connectivity index (χ0v) is 21.0. The van der Waals surface area contributed by atoms with Crippen LogP contribution < -0.4 is 15.5 Å². The molecule has 1 aromatic carbocycles. The van der Waals surface area contributed by atoms with Crippen molar-refractivity contribution >= 4 is 17.3 Å². The lowest BCUT2D eigenvalue weighted by Gasteiger charge is -2.42. The first-order valence-corrected chi connectivity index (χ1v) is 12.5. The molecule has 7 nitrogen and oxygen atoms in total. The Bertz CT molecular complexity index is 1080. The Morgan fingerprint density at radius 3 is 2.54 bits per heavy atom. The van der Waals surface area contributed by atoms with E-state index in [0.717, 1.165) is 17.5 Å². The van der Waals surface area contributed by atoms with E-state index in [2.05, 4.69) is 20.6 Å². The number of hydrogen-bond donors (Lipinski definition) is 2. The molecule has 2 N–H and O–H groups in total. The number of hydrogen-bond acceptors (Lipinski definition) is 5. The number of rotatable bonds is 8. The summed E-state index contributed by atoms with van der Waals surface area (Å²) in [6.45, 7) is 1.18. The number of anilines is 2. The molecule has 1 amide bonds. The van der Waals surface area contributed by atoms with Gasteiger partial charge >= 0.3 is 6.18 Å². The molecule has 1 saturated heterocycles. The number of likely N-dealkylation sites (N-methyl/N-ethyl adjacent to an activating group) is 2. The number of amides is 1. The minimum atomic E-state index is -4.63. The summed E-state index contributed by atoms with van der Waals surface area (Å²) in [5.41, 5.74) is -0.579. The van der Waals surface area contributed by atoms with Crippen LogP contribution in [0.4, 0.5) is 33.3 Å². The molecule has 2 aromatic rings. The Hall–Kier alpha value is -2.73. The number of alkyl halides is 5. The molecule has 1 aliphatic carbocycles. The van der Waals surface area contributed by atoms with Gasteiger partial charge in [-0.25, -0.2) is 8.78 Å². The SMILES string of the molecule is CNC[C@H]1CN(c2c(NC(=O)c3ccn(CC(F)F)n3)ccc(C3CCCC3)c2C(F)(F)F)CCN1C. The van der Waals surface area contributed by atoms with Crippen molar-refractivity contribution in [1.29, 1.82) is 0 Å². The fraction of sp³-hybridized carbons (Fsp3) is 0.600. The molecule has 1 saturated carbocycles. The van der Waals surface area contributed by atoms with E-state index < -0.39 is 30.6 Å². The van der Waals surface area contributed by atoms with Crippen molar-refractivity contribution in [2.45, 2.75) is 56.8 Å². The highest BCUT2D eigenvalue weighted by Gasteiger charge is 2.42. The number of carbonyl (C=O) groups is 1. The number of nitrogens with one attached hydrogen (secondary N) is 2. The van der Waals surface area contributed by atoms with Crippen LogP contribution in [-0.2, 0) is 12.7 Å². The van der Waals surface area contributed by atoms with Crippen molar-refractivity contribution in [2.24, 2.45) is 0 Å². The summed E-state index contributed by atoms with van der Waals surface area (Å²) < 4.78 is 70.6. The van der Waals surface area contributed by atoms with Crippen LogP contribution in [0.1, 0.15) is 53.2 Å². The van der Waals surface area contributed by atoms with Crippen molar-refractivity contribution in [2.75, 3.05) is 50.5 Å². The fourth-order valence-electron chi connectivity index (χ4n) is 5.43. The molecule has 0 bridgehead atoms. The van der Waals surface area contributed by atoms with E-state index in [0.29, 0.717) is 39.0 Å². The van der Waals surface area contributed by atoms with Crippen LogP contribution in [-0.4, -0.2) is 73.3 Å². The van der Waals surface area contributed by atoms with Gasteiger partial charge in [-0.15, -0.1) is 0 Å². The maximum Gasteiger partial charge on any atom is 0.418 e. The second-order valence-corrected chi connectivity index (χ2v) is 9.81. The molecule has 1 aromatic heterocycles. The van der Waals surface area contributed by atoms with Crippen LogP contribution in [0.3, 0.4) is 0 Å². The van der Waals surface area contributed by atoms with E-state index in [9.17, 15) is 26.7 Å². The highest BCUT2D eigenvalue weighted by Crippen LogP contribution is 2.48. The minimum Gasteiger partial charge on any atom is -0.366 e. The van der Waals surface area contributed by atoms with E-state index in [-0.39, 0.29) is 34.6 Å². The van der Waals surface area contributed by atoms with E-state index in [1.54, 1.807) is 11.9 Å². The normalized spacial score (nSPS) is 19.7. The first-order chi connectivity index (χ1) is 17.6. The summed E-state index contributed by atoms with van der Waals surface area (Å²) in [5.74, 6) is -0.942. The lowest BCUT2D eigenvalue weighted by atomic mass is 9.90. The predicted molar refractivity (Wildman–Crippen MR) is 131 cm³/mol. The van der Waals surface area contributed by atoms with Gasteiger partial charge in [-0.05, 0) is 50.6 Å². The van der Waals surface area contributed by atoms with Gasteiger partial charge in [0.2, 0.25) is 0 Å². The molecule has 204 valence electrons. The molecule has 2 fully saturated rings. The second-order valence-electron chi connectivity index (χ2n) is 9.81. The Kier molecular flexibility index (Phi) is 8.37. The molecule has 4 rings (SSSR count). The number of nitrogens with zero attached hydrogens (tertiary/aromatic N) is 4. The quantitative estimate of drug-likeness (QED) is 0.497. The highest BCUT2D eigenvalue weighted by atomic mass is 19.4. The van der Waals surface area contributed by atoms with E-state index in [1.807, 2.05) is 7.05 Å². The van der Waals surface area contributed by atoms with Crippen LogP contribution in [0.5, 0.6) is 0 Å². The van der Waals surface area contributed by atoms with Gasteiger partial charge in [0.1, 0.15) is 6.54 Å². The maximum atomic E-state index is 14.8. The zero-order valence-electron chi connectivity index (χ0n) is 21.0. The van der Waals surface area contributed by atoms with Crippen LogP contribution in [0, 0.1) is 0 Å². The monoisotopic (exact) mass is 528 g/mol. The molecular weight excluding hydrogens is 495 g/mol. The number of halogens is 5. The molecule has 1 aliphatic heterocycles. The van der Waals surface area contributed by atoms with Gasteiger partial charge in [-0.3, -0.25) is 14.4 Å². The van der Waals surface area contributed by atoms with Crippen molar-refractivity contribution < 1.29 is 26.7 Å². The van der Waals surface area contributed by atoms with Gasteiger partial charge < -0.3 is 15.5 Å². The van der Waals surface area contributed by atoms with E-state index >= 15 is 0 Å². The van der Waals surface area contributed by atoms with Gasteiger partial charge in [0, 0.05) is 38.4 Å². The number of carbonyl (C=O) groups excluding carboxylic acids is 1. The standard InChI is InChI=1S/C25H33F5N6O/c1-31-13-17-14-35(12-11-34(17)2)23-19(32-24(37)20-9-10-36(33-20)15-21(26)27)8-7-18(16-5-3-4-6-16)22(23)25(28,29)30/h7-10,16-17,21,31H,3-6,11-15H2,1-2H3,(H,32,37)/t17-/m0/s1. The first-order valence-electron chi connectivity index (χ1n) is 12.5. The van der Waals surface area contributed by atoms with Crippen molar-refractivity contribution in [3.05, 3.63) is 41.2 Å². The smallest absolute Gasteiger partial charge is 0.366 e. The molecule has 0 unspecified atom stereocenters.